The molecule has 0 radical (unpaired) electrons. The SMILES string of the molecule is CSc1cccc(N2C(=O)N[C@H]3C[C@@]2(C)Oc2ccc([N+](=O)[O-])cc23)c1. The molecule has 1 saturated heterocycles. The maximum atomic E-state index is 12.8. The lowest BCUT2D eigenvalue weighted by molar-refractivity contribution is -0.385. The summed E-state index contributed by atoms with van der Waals surface area (Å²) in [5.41, 5.74) is 0.510. The van der Waals surface area contributed by atoms with Crippen LogP contribution in [0.2, 0.25) is 0 Å². The summed E-state index contributed by atoms with van der Waals surface area (Å²) in [6.07, 6.45) is 2.48. The number of rotatable bonds is 3. The van der Waals surface area contributed by atoms with Crippen LogP contribution in [-0.2, 0) is 0 Å². The van der Waals surface area contributed by atoms with Crippen molar-refractivity contribution in [3.63, 3.8) is 0 Å². The van der Waals surface area contributed by atoms with Crippen LogP contribution in [0.5, 0.6) is 5.75 Å². The third kappa shape index (κ3) is 2.57. The second kappa shape index (κ2) is 5.91. The number of nitro groups is 1. The molecule has 134 valence electrons. The van der Waals surface area contributed by atoms with Crippen LogP contribution in [0.3, 0.4) is 0 Å². The number of non-ortho nitro benzene ring substituents is 1. The van der Waals surface area contributed by atoms with Gasteiger partial charge >= 0.3 is 6.03 Å². The summed E-state index contributed by atoms with van der Waals surface area (Å²) >= 11 is 1.60. The number of fused-ring (bicyclic) bond motifs is 4. The molecule has 0 aromatic heterocycles. The van der Waals surface area contributed by atoms with Gasteiger partial charge in [-0.1, -0.05) is 6.07 Å². The number of nitro benzene ring substituents is 1. The Bertz CT molecular complexity index is 919. The van der Waals surface area contributed by atoms with E-state index in [2.05, 4.69) is 5.32 Å². The van der Waals surface area contributed by atoms with Crippen molar-refractivity contribution in [1.82, 2.24) is 5.32 Å². The van der Waals surface area contributed by atoms with Gasteiger partial charge in [-0.05, 0) is 37.4 Å². The summed E-state index contributed by atoms with van der Waals surface area (Å²) in [5, 5.41) is 14.0. The monoisotopic (exact) mass is 371 g/mol. The Kier molecular flexibility index (Phi) is 3.80. The van der Waals surface area contributed by atoms with Crippen LogP contribution >= 0.6 is 11.8 Å². The topological polar surface area (TPSA) is 84.7 Å². The van der Waals surface area contributed by atoms with Crippen molar-refractivity contribution in [1.29, 1.82) is 0 Å². The van der Waals surface area contributed by atoms with Crippen LogP contribution < -0.4 is 15.0 Å². The standard InChI is InChI=1S/C18H17N3O4S/c1-18-10-15(14-9-12(21(23)24)6-7-16(14)25-18)19-17(22)20(18)11-4-3-5-13(8-11)26-2/h3-9,15H,10H2,1-2H3,(H,19,22)/t15-,18+/m0/s1. The highest BCUT2D eigenvalue weighted by atomic mass is 32.2. The van der Waals surface area contributed by atoms with Gasteiger partial charge < -0.3 is 10.1 Å². The van der Waals surface area contributed by atoms with Gasteiger partial charge in [0.25, 0.3) is 5.69 Å². The van der Waals surface area contributed by atoms with Gasteiger partial charge in [0.1, 0.15) is 5.75 Å². The first-order valence-corrected chi connectivity index (χ1v) is 9.36. The fraction of sp³-hybridized carbons (Fsp3) is 0.278. The van der Waals surface area contributed by atoms with Gasteiger partial charge in [0.2, 0.25) is 0 Å². The number of thioether (sulfide) groups is 1. The van der Waals surface area contributed by atoms with Crippen molar-refractivity contribution in [3.05, 3.63) is 58.1 Å². The van der Waals surface area contributed by atoms with Crippen LogP contribution in [0, 0.1) is 10.1 Å². The highest BCUT2D eigenvalue weighted by Gasteiger charge is 2.50. The van der Waals surface area contributed by atoms with Gasteiger partial charge in [-0.3, -0.25) is 15.0 Å². The lowest BCUT2D eigenvalue weighted by Gasteiger charge is -2.50. The molecule has 8 heteroatoms. The maximum Gasteiger partial charge on any atom is 0.325 e. The molecule has 2 atom stereocenters. The molecule has 0 saturated carbocycles. The third-order valence-corrected chi connectivity index (χ3v) is 5.50. The van der Waals surface area contributed by atoms with E-state index in [1.165, 1.54) is 12.1 Å². The van der Waals surface area contributed by atoms with E-state index in [4.69, 9.17) is 4.74 Å². The third-order valence-electron chi connectivity index (χ3n) is 4.78. The molecule has 4 rings (SSSR count). The van der Waals surface area contributed by atoms with Gasteiger partial charge in [0.15, 0.2) is 5.72 Å². The van der Waals surface area contributed by atoms with Crippen LogP contribution in [0.1, 0.15) is 24.9 Å². The summed E-state index contributed by atoms with van der Waals surface area (Å²) in [4.78, 5) is 26.1. The first kappa shape index (κ1) is 16.7. The lowest BCUT2D eigenvalue weighted by Crippen LogP contribution is -2.65. The van der Waals surface area contributed by atoms with Crippen molar-refractivity contribution >= 4 is 29.2 Å². The molecule has 2 heterocycles. The molecular formula is C18H17N3O4S. The van der Waals surface area contributed by atoms with Gasteiger partial charge in [-0.2, -0.15) is 0 Å². The predicted molar refractivity (Wildman–Crippen MR) is 98.7 cm³/mol. The van der Waals surface area contributed by atoms with Crippen LogP contribution in [0.25, 0.3) is 0 Å². The average Bonchev–Trinajstić information content (AvgIpc) is 2.60. The van der Waals surface area contributed by atoms with Crippen molar-refractivity contribution in [2.45, 2.75) is 30.0 Å². The van der Waals surface area contributed by atoms with E-state index in [9.17, 15) is 14.9 Å². The van der Waals surface area contributed by atoms with Crippen molar-refractivity contribution in [2.75, 3.05) is 11.2 Å². The number of carbonyl (C=O) groups excluding carboxylic acids is 1. The Morgan fingerprint density at radius 1 is 1.35 bits per heavy atom. The number of nitrogens with zero attached hydrogens (tertiary/aromatic N) is 2. The molecular weight excluding hydrogens is 354 g/mol. The van der Waals surface area contributed by atoms with Crippen LogP contribution in [0.4, 0.5) is 16.2 Å². The molecule has 26 heavy (non-hydrogen) atoms. The molecule has 2 aromatic carbocycles. The molecule has 2 aliphatic rings. The van der Waals surface area contributed by atoms with E-state index in [1.807, 2.05) is 37.4 Å². The number of benzene rings is 2. The molecule has 1 fully saturated rings. The highest BCUT2D eigenvalue weighted by Crippen LogP contribution is 2.46. The Morgan fingerprint density at radius 3 is 2.88 bits per heavy atom. The summed E-state index contributed by atoms with van der Waals surface area (Å²) < 4.78 is 6.17. The maximum absolute atomic E-state index is 12.8. The summed E-state index contributed by atoms with van der Waals surface area (Å²) in [6, 6.07) is 11.6. The minimum Gasteiger partial charge on any atom is -0.467 e. The molecule has 2 aliphatic heterocycles. The molecule has 2 aromatic rings. The normalized spacial score (nSPS) is 23.7. The van der Waals surface area contributed by atoms with Crippen molar-refractivity contribution in [2.24, 2.45) is 0 Å². The fourth-order valence-corrected chi connectivity index (χ4v) is 4.07. The molecule has 7 nitrogen and oxygen atoms in total. The fourth-order valence-electron chi connectivity index (χ4n) is 3.62. The quantitative estimate of drug-likeness (QED) is 0.499. The second-order valence-corrected chi connectivity index (χ2v) is 7.38. The molecule has 1 N–H and O–H groups in total. The van der Waals surface area contributed by atoms with E-state index in [1.54, 1.807) is 22.7 Å². The Hall–Kier alpha value is -2.74. The molecule has 0 unspecified atom stereocenters. The van der Waals surface area contributed by atoms with Crippen molar-refractivity contribution in [3.8, 4) is 5.75 Å². The van der Waals surface area contributed by atoms with Gasteiger partial charge in [0.05, 0.1) is 16.7 Å². The minimum atomic E-state index is -0.868. The first-order chi connectivity index (χ1) is 12.4. The van der Waals surface area contributed by atoms with Crippen molar-refractivity contribution < 1.29 is 14.5 Å². The largest absolute Gasteiger partial charge is 0.467 e. The lowest BCUT2D eigenvalue weighted by atomic mass is 9.90. The first-order valence-electron chi connectivity index (χ1n) is 8.13. The number of hydrogen-bond donors (Lipinski definition) is 1. The summed E-state index contributed by atoms with van der Waals surface area (Å²) in [6.45, 7) is 1.87. The Morgan fingerprint density at radius 2 is 2.15 bits per heavy atom. The zero-order valence-electron chi connectivity index (χ0n) is 14.3. The zero-order valence-corrected chi connectivity index (χ0v) is 15.1. The molecule has 0 aliphatic carbocycles. The number of ether oxygens (including phenoxy) is 1. The highest BCUT2D eigenvalue weighted by molar-refractivity contribution is 7.98. The van der Waals surface area contributed by atoms with E-state index in [0.29, 0.717) is 17.7 Å². The Labute approximate surface area is 154 Å². The molecule has 2 amide bonds. The van der Waals surface area contributed by atoms with E-state index >= 15 is 0 Å². The molecule has 0 spiro atoms. The summed E-state index contributed by atoms with van der Waals surface area (Å²) in [5.74, 6) is 0.556. The number of nitrogens with one attached hydrogen (secondary N) is 1. The number of hydrogen-bond acceptors (Lipinski definition) is 5. The Balaban J connectivity index is 1.77. The number of anilines is 1. The van der Waals surface area contributed by atoms with E-state index < -0.39 is 10.6 Å². The van der Waals surface area contributed by atoms with E-state index in [0.717, 1.165) is 10.6 Å². The van der Waals surface area contributed by atoms with Gasteiger partial charge in [-0.15, -0.1) is 11.8 Å². The number of urea groups is 1. The van der Waals surface area contributed by atoms with Gasteiger partial charge in [-0.25, -0.2) is 4.79 Å². The second-order valence-electron chi connectivity index (χ2n) is 6.50. The smallest absolute Gasteiger partial charge is 0.325 e. The van der Waals surface area contributed by atoms with Gasteiger partial charge in [0, 0.05) is 29.0 Å². The van der Waals surface area contributed by atoms with Crippen LogP contribution in [-0.4, -0.2) is 22.9 Å². The number of carbonyl (C=O) groups is 1. The minimum absolute atomic E-state index is 0.0136. The predicted octanol–water partition coefficient (Wildman–Crippen LogP) is 4.09. The molecule has 2 bridgehead atoms. The van der Waals surface area contributed by atoms with Crippen LogP contribution in [0.15, 0.2) is 47.4 Å². The number of amides is 2. The zero-order chi connectivity index (χ0) is 18.5. The summed E-state index contributed by atoms with van der Waals surface area (Å²) in [7, 11) is 0. The van der Waals surface area contributed by atoms with E-state index in [-0.39, 0.29) is 17.8 Å². The average molecular weight is 371 g/mol.